The summed E-state index contributed by atoms with van der Waals surface area (Å²) in [6, 6.07) is 9.23. The molecule has 0 unspecified atom stereocenters. The Kier molecular flexibility index (Phi) is 8.07. The van der Waals surface area contributed by atoms with Gasteiger partial charge in [-0.15, -0.1) is 0 Å². The number of rotatable bonds is 7. The molecule has 1 amide bonds. The minimum atomic E-state index is -0.470. The largest absolute Gasteiger partial charge is 0.482 e. The van der Waals surface area contributed by atoms with Crippen LogP contribution in [0.25, 0.3) is 0 Å². The van der Waals surface area contributed by atoms with Crippen LogP contribution in [-0.4, -0.2) is 15.7 Å². The number of carbonyl (C=O) groups excluding carboxylic acids is 1. The molecule has 6 nitrogen and oxygen atoms in total. The maximum Gasteiger partial charge on any atom is 0.291 e. The highest BCUT2D eigenvalue weighted by atomic mass is 35.5. The molecule has 2 aromatic heterocycles. The third-order valence-electron chi connectivity index (χ3n) is 5.28. The van der Waals surface area contributed by atoms with Crippen molar-refractivity contribution in [3.63, 3.8) is 0 Å². The number of carbonyl (C=O) groups is 1. The SMILES string of the molecule is Cc1nn(Cc2ccc(F)cc2)c(C)c1NC(=O)c1ccc(COc2c(Cl)c(Cl)c(Cl)c(Cl)c2Cl)o1. The summed E-state index contributed by atoms with van der Waals surface area (Å²) in [5.74, 6) is -0.351. The van der Waals surface area contributed by atoms with Gasteiger partial charge in [-0.05, 0) is 43.7 Å². The molecule has 1 N–H and O–H groups in total. The van der Waals surface area contributed by atoms with Gasteiger partial charge < -0.3 is 14.5 Å². The molecule has 0 radical (unpaired) electrons. The fourth-order valence-corrected chi connectivity index (χ4v) is 4.63. The van der Waals surface area contributed by atoms with Gasteiger partial charge in [0.05, 0.1) is 38.7 Å². The number of furan rings is 1. The first kappa shape index (κ1) is 26.6. The molecular formula is C24H17Cl5FN3O3. The second kappa shape index (κ2) is 10.9. The second-order valence-electron chi connectivity index (χ2n) is 7.74. The van der Waals surface area contributed by atoms with Crippen LogP contribution in [0.2, 0.25) is 25.1 Å². The summed E-state index contributed by atoms with van der Waals surface area (Å²) >= 11 is 30.4. The number of ether oxygens (including phenoxy) is 1. The van der Waals surface area contributed by atoms with Crippen LogP contribution in [0.3, 0.4) is 0 Å². The van der Waals surface area contributed by atoms with Gasteiger partial charge in [0.1, 0.15) is 28.2 Å². The Morgan fingerprint density at radius 1 is 0.972 bits per heavy atom. The number of aryl methyl sites for hydroxylation is 1. The first-order chi connectivity index (χ1) is 17.1. The predicted octanol–water partition coefficient (Wildman–Crippen LogP) is 8.38. The summed E-state index contributed by atoms with van der Waals surface area (Å²) in [6.45, 7) is 3.93. The molecular weight excluding hydrogens is 575 g/mol. The van der Waals surface area contributed by atoms with E-state index in [1.807, 2.05) is 6.92 Å². The smallest absolute Gasteiger partial charge is 0.291 e. The average Bonchev–Trinajstić information content (AvgIpc) is 3.43. The summed E-state index contributed by atoms with van der Waals surface area (Å²) in [7, 11) is 0. The third kappa shape index (κ3) is 5.45. The van der Waals surface area contributed by atoms with E-state index >= 15 is 0 Å². The van der Waals surface area contributed by atoms with Gasteiger partial charge in [-0.3, -0.25) is 9.48 Å². The Morgan fingerprint density at radius 2 is 1.58 bits per heavy atom. The normalized spacial score (nSPS) is 11.1. The van der Waals surface area contributed by atoms with Crippen LogP contribution in [-0.2, 0) is 13.2 Å². The minimum absolute atomic E-state index is 0.00388. The molecule has 12 heteroatoms. The highest BCUT2D eigenvalue weighted by molar-refractivity contribution is 6.55. The van der Waals surface area contributed by atoms with Crippen molar-refractivity contribution in [1.29, 1.82) is 0 Å². The maximum atomic E-state index is 13.2. The second-order valence-corrected chi connectivity index (χ2v) is 9.63. The van der Waals surface area contributed by atoms with E-state index in [1.165, 1.54) is 18.2 Å². The summed E-state index contributed by atoms with van der Waals surface area (Å²) in [5.41, 5.74) is 2.79. The zero-order valence-electron chi connectivity index (χ0n) is 18.8. The molecule has 36 heavy (non-hydrogen) atoms. The number of amides is 1. The lowest BCUT2D eigenvalue weighted by atomic mass is 10.2. The molecule has 4 rings (SSSR count). The monoisotopic (exact) mass is 589 g/mol. The highest BCUT2D eigenvalue weighted by Crippen LogP contribution is 2.48. The molecule has 0 aliphatic heterocycles. The summed E-state index contributed by atoms with van der Waals surface area (Å²) in [5, 5.41) is 7.35. The fourth-order valence-electron chi connectivity index (χ4n) is 3.40. The Labute approximate surface area is 230 Å². The van der Waals surface area contributed by atoms with Gasteiger partial charge in [0, 0.05) is 0 Å². The van der Waals surface area contributed by atoms with Gasteiger partial charge >= 0.3 is 0 Å². The molecule has 0 saturated carbocycles. The van der Waals surface area contributed by atoms with E-state index in [-0.39, 0.29) is 49.0 Å². The number of hydrogen-bond acceptors (Lipinski definition) is 4. The van der Waals surface area contributed by atoms with E-state index in [4.69, 9.17) is 67.2 Å². The Bertz CT molecular complexity index is 1420. The van der Waals surface area contributed by atoms with E-state index in [2.05, 4.69) is 10.4 Å². The Morgan fingerprint density at radius 3 is 2.22 bits per heavy atom. The zero-order chi connectivity index (χ0) is 26.1. The Hall–Kier alpha value is -2.42. The van der Waals surface area contributed by atoms with E-state index in [9.17, 15) is 9.18 Å². The van der Waals surface area contributed by atoms with Crippen molar-refractivity contribution >= 4 is 69.6 Å². The molecule has 0 aliphatic rings. The number of anilines is 1. The first-order valence-electron chi connectivity index (χ1n) is 10.4. The van der Waals surface area contributed by atoms with Gasteiger partial charge in [0.15, 0.2) is 11.5 Å². The summed E-state index contributed by atoms with van der Waals surface area (Å²) in [4.78, 5) is 12.8. The van der Waals surface area contributed by atoms with Gasteiger partial charge in [0.25, 0.3) is 5.91 Å². The van der Waals surface area contributed by atoms with Crippen molar-refractivity contribution in [3.8, 4) is 5.75 Å². The molecule has 188 valence electrons. The number of benzene rings is 2. The van der Waals surface area contributed by atoms with Gasteiger partial charge in [-0.25, -0.2) is 4.39 Å². The van der Waals surface area contributed by atoms with Crippen molar-refractivity contribution in [1.82, 2.24) is 9.78 Å². The van der Waals surface area contributed by atoms with Crippen LogP contribution in [0, 0.1) is 19.7 Å². The predicted molar refractivity (Wildman–Crippen MR) is 140 cm³/mol. The van der Waals surface area contributed by atoms with E-state index in [1.54, 1.807) is 29.8 Å². The van der Waals surface area contributed by atoms with Crippen molar-refractivity contribution in [3.05, 3.63) is 95.8 Å². The number of halogens is 6. The molecule has 2 aromatic carbocycles. The van der Waals surface area contributed by atoms with E-state index in [0.29, 0.717) is 23.7 Å². The lowest BCUT2D eigenvalue weighted by Crippen LogP contribution is -2.12. The molecule has 0 bridgehead atoms. The van der Waals surface area contributed by atoms with E-state index < -0.39 is 5.91 Å². The standard InChI is InChI=1S/C24H17Cl5FN3O3/c1-11-22(12(2)33(32-11)9-13-3-5-14(30)6-4-13)31-24(34)16-8-7-15(36-16)10-35-23-20(28)18(26)17(25)19(27)21(23)29/h3-8H,9-10H2,1-2H3,(H,31,34). The molecule has 0 atom stereocenters. The van der Waals surface area contributed by atoms with Crippen LogP contribution < -0.4 is 10.1 Å². The number of nitrogens with zero attached hydrogens (tertiary/aromatic N) is 2. The summed E-state index contributed by atoms with van der Waals surface area (Å²) < 4.78 is 26.2. The maximum absolute atomic E-state index is 13.2. The minimum Gasteiger partial charge on any atom is -0.482 e. The van der Waals surface area contributed by atoms with Crippen LogP contribution in [0.4, 0.5) is 10.1 Å². The third-order valence-corrected chi connectivity index (χ3v) is 7.52. The quantitative estimate of drug-likeness (QED) is 0.173. The highest BCUT2D eigenvalue weighted by Gasteiger charge is 2.22. The first-order valence-corrected chi connectivity index (χ1v) is 12.3. The van der Waals surface area contributed by atoms with Crippen molar-refractivity contribution in [2.24, 2.45) is 0 Å². The lowest BCUT2D eigenvalue weighted by Gasteiger charge is -2.12. The molecule has 4 aromatic rings. The zero-order valence-corrected chi connectivity index (χ0v) is 22.5. The van der Waals surface area contributed by atoms with Gasteiger partial charge in [-0.1, -0.05) is 70.1 Å². The van der Waals surface area contributed by atoms with E-state index in [0.717, 1.165) is 11.3 Å². The molecule has 0 spiro atoms. The molecule has 2 heterocycles. The number of aromatic nitrogens is 2. The van der Waals surface area contributed by atoms with Crippen molar-refractivity contribution in [2.75, 3.05) is 5.32 Å². The van der Waals surface area contributed by atoms with Crippen LogP contribution in [0.15, 0.2) is 40.8 Å². The average molecular weight is 592 g/mol. The van der Waals surface area contributed by atoms with Crippen LogP contribution in [0.5, 0.6) is 5.75 Å². The molecule has 0 aliphatic carbocycles. The topological polar surface area (TPSA) is 69.3 Å². The van der Waals surface area contributed by atoms with Crippen LogP contribution in [0.1, 0.15) is 33.3 Å². The number of nitrogens with one attached hydrogen (secondary N) is 1. The molecule has 0 fully saturated rings. The van der Waals surface area contributed by atoms with Crippen molar-refractivity contribution in [2.45, 2.75) is 27.0 Å². The van der Waals surface area contributed by atoms with Gasteiger partial charge in [-0.2, -0.15) is 5.10 Å². The lowest BCUT2D eigenvalue weighted by molar-refractivity contribution is 0.0992. The van der Waals surface area contributed by atoms with Gasteiger partial charge in [0.2, 0.25) is 0 Å². The van der Waals surface area contributed by atoms with Crippen molar-refractivity contribution < 1.29 is 18.3 Å². The summed E-state index contributed by atoms with van der Waals surface area (Å²) in [6.07, 6.45) is 0. The number of hydrogen-bond donors (Lipinski definition) is 1. The molecule has 0 saturated heterocycles. The fraction of sp³-hybridized carbons (Fsp3) is 0.167. The Balaban J connectivity index is 1.45. The van der Waals surface area contributed by atoms with Crippen LogP contribution >= 0.6 is 58.0 Å².